The molecule has 0 saturated heterocycles. The monoisotopic (exact) mass is 294 g/mol. The summed E-state index contributed by atoms with van der Waals surface area (Å²) in [5, 5.41) is 5.66. The SMILES string of the molecule is Nc1noc(-c2cccc(F)c2Cl)c1-c1cccs1. The van der Waals surface area contributed by atoms with Crippen molar-refractivity contribution in [3.63, 3.8) is 0 Å². The molecule has 0 spiro atoms. The fourth-order valence-electron chi connectivity index (χ4n) is 1.82. The molecule has 0 atom stereocenters. The lowest BCUT2D eigenvalue weighted by Gasteiger charge is -2.03. The van der Waals surface area contributed by atoms with Crippen LogP contribution in [-0.2, 0) is 0 Å². The van der Waals surface area contributed by atoms with E-state index in [4.69, 9.17) is 21.9 Å². The maximum absolute atomic E-state index is 13.5. The lowest BCUT2D eigenvalue weighted by atomic mass is 10.1. The minimum Gasteiger partial charge on any atom is -0.380 e. The van der Waals surface area contributed by atoms with E-state index in [1.807, 2.05) is 17.5 Å². The second-order valence-corrected chi connectivity index (χ2v) is 5.18. The number of rotatable bonds is 2. The van der Waals surface area contributed by atoms with Gasteiger partial charge in [-0.1, -0.05) is 28.9 Å². The molecule has 3 rings (SSSR count). The molecular weight excluding hydrogens is 287 g/mol. The molecule has 0 unspecified atom stereocenters. The van der Waals surface area contributed by atoms with Gasteiger partial charge in [0.15, 0.2) is 11.6 Å². The van der Waals surface area contributed by atoms with Gasteiger partial charge < -0.3 is 10.3 Å². The van der Waals surface area contributed by atoms with Gasteiger partial charge >= 0.3 is 0 Å². The second-order valence-electron chi connectivity index (χ2n) is 3.85. The number of nitrogens with two attached hydrogens (primary N) is 1. The van der Waals surface area contributed by atoms with E-state index in [0.29, 0.717) is 16.9 Å². The average molecular weight is 295 g/mol. The third-order valence-corrected chi connectivity index (χ3v) is 3.95. The van der Waals surface area contributed by atoms with Crippen LogP contribution in [0.2, 0.25) is 5.02 Å². The number of hydrogen-bond donors (Lipinski definition) is 1. The molecule has 3 aromatic rings. The molecule has 0 radical (unpaired) electrons. The molecule has 96 valence electrons. The summed E-state index contributed by atoms with van der Waals surface area (Å²) in [4.78, 5) is 0.897. The highest BCUT2D eigenvalue weighted by Gasteiger charge is 2.21. The zero-order valence-corrected chi connectivity index (χ0v) is 11.1. The van der Waals surface area contributed by atoms with Gasteiger partial charge in [0.1, 0.15) is 5.82 Å². The van der Waals surface area contributed by atoms with Crippen LogP contribution in [0.15, 0.2) is 40.2 Å². The molecular formula is C13H8ClFN2OS. The third kappa shape index (κ3) is 2.01. The zero-order chi connectivity index (χ0) is 13.4. The standard InChI is InChI=1S/C13H8ClFN2OS/c14-11-7(3-1-4-8(11)15)12-10(13(16)17-18-12)9-5-2-6-19-9/h1-6H,(H2,16,17). The number of anilines is 1. The van der Waals surface area contributed by atoms with Crippen LogP contribution < -0.4 is 5.73 Å². The molecule has 2 aromatic heterocycles. The van der Waals surface area contributed by atoms with Gasteiger partial charge in [0.25, 0.3) is 0 Å². The number of benzene rings is 1. The van der Waals surface area contributed by atoms with Crippen LogP contribution in [0, 0.1) is 5.82 Å². The van der Waals surface area contributed by atoms with E-state index in [-0.39, 0.29) is 10.8 Å². The number of halogens is 2. The van der Waals surface area contributed by atoms with E-state index in [2.05, 4.69) is 5.16 Å². The van der Waals surface area contributed by atoms with Crippen molar-refractivity contribution < 1.29 is 8.91 Å². The number of nitrogen functional groups attached to an aromatic ring is 1. The van der Waals surface area contributed by atoms with Crippen molar-refractivity contribution >= 4 is 28.8 Å². The Bertz CT molecular complexity index is 724. The maximum atomic E-state index is 13.5. The van der Waals surface area contributed by atoms with Crippen molar-refractivity contribution in [1.29, 1.82) is 0 Å². The third-order valence-electron chi connectivity index (χ3n) is 2.68. The Morgan fingerprint density at radius 1 is 1.26 bits per heavy atom. The topological polar surface area (TPSA) is 52.0 Å². The quantitative estimate of drug-likeness (QED) is 0.760. The van der Waals surface area contributed by atoms with E-state index >= 15 is 0 Å². The van der Waals surface area contributed by atoms with Gasteiger partial charge in [-0.05, 0) is 23.6 Å². The van der Waals surface area contributed by atoms with Crippen LogP contribution in [0.1, 0.15) is 0 Å². The summed E-state index contributed by atoms with van der Waals surface area (Å²) >= 11 is 7.47. The van der Waals surface area contributed by atoms with Crippen LogP contribution in [-0.4, -0.2) is 5.16 Å². The second kappa shape index (κ2) is 4.68. The summed E-state index contributed by atoms with van der Waals surface area (Å²) in [6.45, 7) is 0. The first kappa shape index (κ1) is 12.2. The van der Waals surface area contributed by atoms with Crippen molar-refractivity contribution in [1.82, 2.24) is 5.16 Å². The normalized spacial score (nSPS) is 10.8. The highest BCUT2D eigenvalue weighted by molar-refractivity contribution is 7.13. The van der Waals surface area contributed by atoms with Crippen molar-refractivity contribution in [3.8, 4) is 21.8 Å². The van der Waals surface area contributed by atoms with Crippen molar-refractivity contribution in [2.75, 3.05) is 5.73 Å². The summed E-state index contributed by atoms with van der Waals surface area (Å²) < 4.78 is 18.7. The smallest absolute Gasteiger partial charge is 0.179 e. The Kier molecular flexibility index (Phi) is 3.00. The predicted octanol–water partition coefficient (Wildman–Crippen LogP) is 4.44. The van der Waals surface area contributed by atoms with Gasteiger partial charge in [0, 0.05) is 10.4 Å². The van der Waals surface area contributed by atoms with Crippen LogP contribution in [0.5, 0.6) is 0 Å². The summed E-state index contributed by atoms with van der Waals surface area (Å²) in [6, 6.07) is 8.31. The Hall–Kier alpha value is -1.85. The van der Waals surface area contributed by atoms with Crippen LogP contribution in [0.25, 0.3) is 21.8 Å². The number of nitrogens with zero attached hydrogens (tertiary/aromatic N) is 1. The van der Waals surface area contributed by atoms with E-state index < -0.39 is 5.82 Å². The Morgan fingerprint density at radius 3 is 2.84 bits per heavy atom. The molecule has 0 amide bonds. The lowest BCUT2D eigenvalue weighted by Crippen LogP contribution is -1.88. The number of aromatic nitrogens is 1. The Morgan fingerprint density at radius 2 is 2.11 bits per heavy atom. The van der Waals surface area contributed by atoms with Gasteiger partial charge in [0.2, 0.25) is 0 Å². The minimum absolute atomic E-state index is 0.00328. The molecule has 0 aliphatic rings. The number of hydrogen-bond acceptors (Lipinski definition) is 4. The molecule has 0 aliphatic heterocycles. The average Bonchev–Trinajstić information content (AvgIpc) is 3.02. The van der Waals surface area contributed by atoms with E-state index in [1.165, 1.54) is 17.4 Å². The molecule has 0 saturated carbocycles. The van der Waals surface area contributed by atoms with Crippen molar-refractivity contribution in [2.45, 2.75) is 0 Å². The van der Waals surface area contributed by atoms with Crippen LogP contribution in [0.3, 0.4) is 0 Å². The molecule has 3 nitrogen and oxygen atoms in total. The largest absolute Gasteiger partial charge is 0.380 e. The lowest BCUT2D eigenvalue weighted by molar-refractivity contribution is 0.436. The molecule has 19 heavy (non-hydrogen) atoms. The van der Waals surface area contributed by atoms with Gasteiger partial charge in [-0.2, -0.15) is 0 Å². The molecule has 0 fully saturated rings. The van der Waals surface area contributed by atoms with Crippen molar-refractivity contribution in [2.24, 2.45) is 0 Å². The van der Waals surface area contributed by atoms with Gasteiger partial charge in [-0.3, -0.25) is 0 Å². The summed E-state index contributed by atoms with van der Waals surface area (Å²) in [5.74, 6) is 0.133. The van der Waals surface area contributed by atoms with Gasteiger partial charge in [-0.25, -0.2) is 4.39 Å². The molecule has 6 heteroatoms. The van der Waals surface area contributed by atoms with Crippen LogP contribution in [0.4, 0.5) is 10.2 Å². The molecule has 2 N–H and O–H groups in total. The van der Waals surface area contributed by atoms with Crippen molar-refractivity contribution in [3.05, 3.63) is 46.6 Å². The highest BCUT2D eigenvalue weighted by Crippen LogP contribution is 2.41. The summed E-state index contributed by atoms with van der Waals surface area (Å²) in [6.07, 6.45) is 0. The number of thiophene rings is 1. The molecule has 0 aliphatic carbocycles. The maximum Gasteiger partial charge on any atom is 0.179 e. The van der Waals surface area contributed by atoms with E-state index in [1.54, 1.807) is 12.1 Å². The first-order chi connectivity index (χ1) is 9.18. The summed E-state index contributed by atoms with van der Waals surface area (Å²) in [7, 11) is 0. The first-order valence-corrected chi connectivity index (χ1v) is 6.67. The molecule has 1 aromatic carbocycles. The predicted molar refractivity (Wildman–Crippen MR) is 74.6 cm³/mol. The molecule has 0 bridgehead atoms. The fourth-order valence-corrected chi connectivity index (χ4v) is 2.81. The molecule has 2 heterocycles. The van der Waals surface area contributed by atoms with E-state index in [9.17, 15) is 4.39 Å². The highest BCUT2D eigenvalue weighted by atomic mass is 35.5. The van der Waals surface area contributed by atoms with E-state index in [0.717, 1.165) is 4.88 Å². The summed E-state index contributed by atoms with van der Waals surface area (Å²) in [5.41, 5.74) is 6.90. The van der Waals surface area contributed by atoms with Gasteiger partial charge in [-0.15, -0.1) is 11.3 Å². The zero-order valence-electron chi connectivity index (χ0n) is 9.56. The Balaban J connectivity index is 2.25. The fraction of sp³-hybridized carbons (Fsp3) is 0. The van der Waals surface area contributed by atoms with Crippen LogP contribution >= 0.6 is 22.9 Å². The first-order valence-electron chi connectivity index (χ1n) is 5.42. The minimum atomic E-state index is -0.508. The van der Waals surface area contributed by atoms with Gasteiger partial charge in [0.05, 0.1) is 10.6 Å². The Labute approximate surface area is 117 Å².